The lowest BCUT2D eigenvalue weighted by molar-refractivity contribution is -0.265. The van der Waals surface area contributed by atoms with E-state index in [4.69, 9.17) is 35.3 Å². The molecule has 0 radical (unpaired) electrons. The van der Waals surface area contributed by atoms with Crippen molar-refractivity contribution in [2.45, 2.75) is 68.7 Å². The molecule has 3 aromatic rings. The molecule has 3 amide bonds. The number of hydrogen-bond donors (Lipinski definition) is 6. The lowest BCUT2D eigenvalue weighted by Gasteiger charge is -2.47. The molecule has 3 aliphatic heterocycles. The van der Waals surface area contributed by atoms with Gasteiger partial charge in [-0.3, -0.25) is 28.9 Å². The minimum Gasteiger partial charge on any atom is -0.507 e. The highest BCUT2D eigenvalue weighted by Gasteiger charge is 2.50. The van der Waals surface area contributed by atoms with E-state index in [0.717, 1.165) is 17.1 Å². The molecule has 19 nitrogen and oxygen atoms in total. The van der Waals surface area contributed by atoms with Gasteiger partial charge in [0.25, 0.3) is 17.7 Å². The predicted molar refractivity (Wildman–Crippen MR) is 219 cm³/mol. The van der Waals surface area contributed by atoms with Crippen LogP contribution in [-0.2, 0) is 35.0 Å². The second-order valence-electron chi connectivity index (χ2n) is 15.7. The van der Waals surface area contributed by atoms with Crippen LogP contribution in [0.3, 0.4) is 0 Å². The van der Waals surface area contributed by atoms with Gasteiger partial charge in [-0.25, -0.2) is 10.3 Å². The Morgan fingerprint density at radius 3 is 2.43 bits per heavy atom. The van der Waals surface area contributed by atoms with Crippen molar-refractivity contribution in [2.75, 3.05) is 45.4 Å². The highest BCUT2D eigenvalue weighted by Crippen LogP contribution is 2.53. The number of benzene rings is 3. The van der Waals surface area contributed by atoms with Crippen LogP contribution < -0.4 is 15.1 Å². The molecule has 0 unspecified atom stereocenters. The number of fused-ring (bicyclic) bond motifs is 3. The molecule has 0 bridgehead atoms. The molecular formula is C43H43ClN4O15. The molecule has 0 saturated carbocycles. The number of carbonyl (C=O) groups excluding carboxylic acids is 5. The Bertz CT molecular complexity index is 2480. The van der Waals surface area contributed by atoms with E-state index in [9.17, 15) is 49.5 Å². The first kappa shape index (κ1) is 44.0. The number of ether oxygens (including phenoxy) is 5. The Labute approximate surface area is 364 Å². The van der Waals surface area contributed by atoms with Gasteiger partial charge >= 0.3 is 0 Å². The normalized spacial score (nSPS) is 27.3. The number of morpholine rings is 1. The van der Waals surface area contributed by atoms with Crippen molar-refractivity contribution in [3.63, 3.8) is 0 Å². The SMILES string of the molecule is COc1cccc2c1C(=O)c1c(O)c3c(c(O)c1C2=O)C[C@@](O)(/C(CO)=N/NC(=O)c1ccc(N2C(=O)C=CC2=O)c(Cl)c1)C[C@@H]3O[C@H]1C[C@H](N2CCO[C@@H](OC)C2)[C@H](O)[C@H](C)O1. The van der Waals surface area contributed by atoms with E-state index < -0.39 is 120 Å². The van der Waals surface area contributed by atoms with Crippen molar-refractivity contribution >= 4 is 52.3 Å². The lowest BCUT2D eigenvalue weighted by Crippen LogP contribution is -2.59. The van der Waals surface area contributed by atoms with Crippen molar-refractivity contribution in [3.05, 3.63) is 92.5 Å². The maximum atomic E-state index is 14.2. The van der Waals surface area contributed by atoms with Crippen molar-refractivity contribution in [1.29, 1.82) is 0 Å². The number of rotatable bonds is 10. The van der Waals surface area contributed by atoms with E-state index in [0.29, 0.717) is 19.7 Å². The van der Waals surface area contributed by atoms with Crippen LogP contribution in [0, 0.1) is 0 Å². The monoisotopic (exact) mass is 890 g/mol. The molecule has 2 fully saturated rings. The van der Waals surface area contributed by atoms with E-state index in [2.05, 4.69) is 10.5 Å². The number of hydrogen-bond acceptors (Lipinski definition) is 17. The van der Waals surface area contributed by atoms with Crippen LogP contribution >= 0.6 is 11.6 Å². The lowest BCUT2D eigenvalue weighted by atomic mass is 9.71. The van der Waals surface area contributed by atoms with Crippen LogP contribution in [0.25, 0.3) is 0 Å². The standard InChI is InChI=1S/C43H43ClN4O15/c1-19-37(52)25(47-11-12-61-32(17-47)60-3)14-31(62-19)63-27-16-43(58,28(18-49)45-46-42(57)20-7-8-24(23(44)13-20)48-29(50)9-10-30(48)51)15-22-34(27)41(56)36-35(39(22)54)38(53)21-5-4-6-26(59-2)33(21)40(36)55/h4-10,13,19,25,27,31-32,37,49,52,54,56,58H,11-12,14-18H2,1-3H3,(H,46,57)/b45-28+/t19-,25-,27-,31-,32+,37+,43-/m0/s1. The average Bonchev–Trinajstić information content (AvgIpc) is 3.60. The first-order valence-electron chi connectivity index (χ1n) is 19.9. The maximum Gasteiger partial charge on any atom is 0.271 e. The van der Waals surface area contributed by atoms with Gasteiger partial charge in [-0.05, 0) is 31.2 Å². The number of anilines is 1. The molecular weight excluding hydrogens is 848 g/mol. The molecule has 0 spiro atoms. The van der Waals surface area contributed by atoms with Crippen molar-refractivity contribution < 1.29 is 73.2 Å². The third-order valence-electron chi connectivity index (χ3n) is 12.1. The van der Waals surface area contributed by atoms with Crippen molar-refractivity contribution in [1.82, 2.24) is 10.3 Å². The Balaban J connectivity index is 1.16. The highest BCUT2D eigenvalue weighted by atomic mass is 35.5. The molecule has 332 valence electrons. The summed E-state index contributed by atoms with van der Waals surface area (Å²) in [7, 11) is 2.81. The smallest absolute Gasteiger partial charge is 0.271 e. The van der Waals surface area contributed by atoms with Crippen LogP contribution in [0.1, 0.15) is 79.2 Å². The van der Waals surface area contributed by atoms with Gasteiger partial charge < -0.3 is 49.2 Å². The molecule has 63 heavy (non-hydrogen) atoms. The minimum absolute atomic E-state index is 0.0309. The van der Waals surface area contributed by atoms with Gasteiger partial charge in [0.15, 0.2) is 18.4 Å². The van der Waals surface area contributed by atoms with Crippen LogP contribution in [0.5, 0.6) is 17.2 Å². The van der Waals surface area contributed by atoms with E-state index in [1.54, 1.807) is 6.92 Å². The maximum absolute atomic E-state index is 14.2. The first-order chi connectivity index (χ1) is 30.1. The van der Waals surface area contributed by atoms with E-state index >= 15 is 0 Å². The molecule has 0 aromatic heterocycles. The van der Waals surface area contributed by atoms with E-state index in [1.807, 2.05) is 4.90 Å². The van der Waals surface area contributed by atoms with Gasteiger partial charge in [0.1, 0.15) is 22.8 Å². The van der Waals surface area contributed by atoms with Gasteiger partial charge in [-0.15, -0.1) is 0 Å². The quantitative estimate of drug-likeness (QED) is 0.0572. The molecule has 7 atom stereocenters. The number of aliphatic hydroxyl groups excluding tert-OH is 2. The number of phenols is 2. The number of ketones is 2. The second-order valence-corrected chi connectivity index (χ2v) is 16.1. The number of amides is 3. The predicted octanol–water partition coefficient (Wildman–Crippen LogP) is 1.65. The van der Waals surface area contributed by atoms with Gasteiger partial charge in [0.05, 0.1) is 71.7 Å². The van der Waals surface area contributed by atoms with Crippen molar-refractivity contribution in [2.24, 2.45) is 5.10 Å². The Morgan fingerprint density at radius 1 is 1.02 bits per heavy atom. The summed E-state index contributed by atoms with van der Waals surface area (Å²) < 4.78 is 29.1. The average molecular weight is 891 g/mol. The number of nitrogens with one attached hydrogen (secondary N) is 1. The number of halogens is 1. The topological polar surface area (TPSA) is 264 Å². The highest BCUT2D eigenvalue weighted by molar-refractivity contribution is 6.37. The molecule has 8 rings (SSSR count). The van der Waals surface area contributed by atoms with Crippen LogP contribution in [0.2, 0.25) is 5.02 Å². The van der Waals surface area contributed by atoms with Crippen LogP contribution in [-0.4, -0.2) is 142 Å². The number of hydrazone groups is 1. The third-order valence-corrected chi connectivity index (χ3v) is 12.4. The number of carbonyl (C=O) groups is 5. The van der Waals surface area contributed by atoms with E-state index in [1.165, 1.54) is 50.6 Å². The summed E-state index contributed by atoms with van der Waals surface area (Å²) in [6.07, 6.45) is -3.86. The zero-order valence-corrected chi connectivity index (χ0v) is 34.8. The molecule has 3 heterocycles. The molecule has 6 N–H and O–H groups in total. The number of aromatic hydroxyl groups is 2. The Morgan fingerprint density at radius 2 is 1.75 bits per heavy atom. The minimum atomic E-state index is -2.28. The molecule has 5 aliphatic rings. The number of nitrogens with zero attached hydrogens (tertiary/aromatic N) is 3. The molecule has 3 aromatic carbocycles. The summed E-state index contributed by atoms with van der Waals surface area (Å²) in [6, 6.07) is 7.53. The summed E-state index contributed by atoms with van der Waals surface area (Å²) in [6.45, 7) is 1.77. The summed E-state index contributed by atoms with van der Waals surface area (Å²) >= 11 is 6.37. The number of methoxy groups -OCH3 is 2. The Kier molecular flexibility index (Phi) is 12.0. The van der Waals surface area contributed by atoms with Crippen molar-refractivity contribution in [3.8, 4) is 17.2 Å². The largest absolute Gasteiger partial charge is 0.507 e. The summed E-state index contributed by atoms with van der Waals surface area (Å²) in [4.78, 5) is 68.9. The van der Waals surface area contributed by atoms with Gasteiger partial charge in [0, 0.05) is 79.9 Å². The number of phenolic OH excluding ortho intramolecular Hbond substituents is 2. The molecule has 2 saturated heterocycles. The molecule has 2 aliphatic carbocycles. The van der Waals surface area contributed by atoms with Gasteiger partial charge in [-0.1, -0.05) is 23.7 Å². The second kappa shape index (κ2) is 17.2. The van der Waals surface area contributed by atoms with Crippen LogP contribution in [0.15, 0.2) is 53.7 Å². The summed E-state index contributed by atoms with van der Waals surface area (Å²) in [5, 5.41) is 62.5. The zero-order valence-electron chi connectivity index (χ0n) is 34.1. The zero-order chi connectivity index (χ0) is 45.1. The molecule has 20 heteroatoms. The third kappa shape index (κ3) is 7.68. The van der Waals surface area contributed by atoms with E-state index in [-0.39, 0.29) is 50.7 Å². The van der Waals surface area contributed by atoms with Gasteiger partial charge in [0.2, 0.25) is 5.78 Å². The fourth-order valence-electron chi connectivity index (χ4n) is 8.93. The number of imide groups is 1. The fourth-order valence-corrected chi connectivity index (χ4v) is 9.20. The summed E-state index contributed by atoms with van der Waals surface area (Å²) in [5.74, 6) is -5.15. The van der Waals surface area contributed by atoms with Crippen LogP contribution in [0.4, 0.5) is 5.69 Å². The summed E-state index contributed by atoms with van der Waals surface area (Å²) in [5.41, 5.74) is -2.14. The van der Waals surface area contributed by atoms with Gasteiger partial charge in [-0.2, -0.15) is 5.10 Å². The number of aliphatic hydroxyl groups is 3. The Hall–Kier alpha value is -5.61. The fraction of sp³-hybridized carbons (Fsp3) is 0.395. The first-order valence-corrected chi connectivity index (χ1v) is 20.3.